The van der Waals surface area contributed by atoms with E-state index in [1.807, 2.05) is 17.0 Å². The molecule has 0 aliphatic carbocycles. The molecule has 0 atom stereocenters. The lowest BCUT2D eigenvalue weighted by molar-refractivity contribution is 0.0159. The van der Waals surface area contributed by atoms with Crippen LogP contribution in [0.5, 0.6) is 0 Å². The maximum atomic E-state index is 12.2. The van der Waals surface area contributed by atoms with Gasteiger partial charge in [-0.3, -0.25) is 4.79 Å². The molecule has 1 aromatic carbocycles. The molecule has 0 radical (unpaired) electrons. The smallest absolute Gasteiger partial charge is 0.253 e. The fraction of sp³-hybridized carbons (Fsp3) is 0.462. The van der Waals surface area contributed by atoms with E-state index in [0.717, 1.165) is 26.2 Å². The zero-order valence-corrected chi connectivity index (χ0v) is 10.3. The van der Waals surface area contributed by atoms with Gasteiger partial charge < -0.3 is 10.2 Å². The normalized spacial score (nSPS) is 21.6. The summed E-state index contributed by atoms with van der Waals surface area (Å²) in [5.41, 5.74) is 1.05. The van der Waals surface area contributed by atoms with Crippen LogP contribution in [0.1, 0.15) is 16.8 Å². The lowest BCUT2D eigenvalue weighted by Gasteiger charge is -2.47. The molecule has 17 heavy (non-hydrogen) atoms. The minimum Gasteiger partial charge on any atom is -0.337 e. The third-order valence-corrected chi connectivity index (χ3v) is 3.98. The largest absolute Gasteiger partial charge is 0.337 e. The number of amides is 1. The highest BCUT2D eigenvalue weighted by Crippen LogP contribution is 2.36. The molecule has 0 saturated carbocycles. The molecule has 3 rings (SSSR count). The molecule has 1 N–H and O–H groups in total. The van der Waals surface area contributed by atoms with Crippen molar-refractivity contribution in [2.24, 2.45) is 5.41 Å². The summed E-state index contributed by atoms with van der Waals surface area (Å²) < 4.78 is 0. The minimum absolute atomic E-state index is 0.102. The van der Waals surface area contributed by atoms with Crippen LogP contribution in [-0.2, 0) is 0 Å². The van der Waals surface area contributed by atoms with Crippen molar-refractivity contribution in [2.45, 2.75) is 6.42 Å². The van der Waals surface area contributed by atoms with E-state index < -0.39 is 0 Å². The SMILES string of the molecule is O=C(c1cccc(Cl)c1)N1CC2(CCNC2)C1. The number of halogens is 1. The van der Waals surface area contributed by atoms with Gasteiger partial charge in [0.05, 0.1) is 0 Å². The molecule has 3 nitrogen and oxygen atoms in total. The van der Waals surface area contributed by atoms with E-state index in [1.54, 1.807) is 12.1 Å². The Morgan fingerprint density at radius 3 is 2.88 bits per heavy atom. The molecule has 1 spiro atoms. The zero-order chi connectivity index (χ0) is 11.9. The van der Waals surface area contributed by atoms with Crippen LogP contribution in [0, 0.1) is 5.41 Å². The molecule has 2 heterocycles. The Morgan fingerprint density at radius 2 is 2.24 bits per heavy atom. The zero-order valence-electron chi connectivity index (χ0n) is 9.58. The van der Waals surface area contributed by atoms with Gasteiger partial charge in [-0.2, -0.15) is 0 Å². The second-order valence-electron chi connectivity index (χ2n) is 5.10. The van der Waals surface area contributed by atoms with E-state index in [4.69, 9.17) is 11.6 Å². The number of carbonyl (C=O) groups is 1. The Bertz CT molecular complexity index is 446. The van der Waals surface area contributed by atoms with Gasteiger partial charge in [-0.15, -0.1) is 0 Å². The van der Waals surface area contributed by atoms with E-state index in [9.17, 15) is 4.79 Å². The van der Waals surface area contributed by atoms with Crippen molar-refractivity contribution in [2.75, 3.05) is 26.2 Å². The maximum Gasteiger partial charge on any atom is 0.253 e. The van der Waals surface area contributed by atoms with Gasteiger partial charge in [0.25, 0.3) is 5.91 Å². The molecule has 2 aliphatic rings. The molecule has 1 amide bonds. The standard InChI is InChI=1S/C13H15ClN2O/c14-11-3-1-2-10(6-11)12(17)16-8-13(9-16)4-5-15-7-13/h1-3,6,15H,4-5,7-9H2. The van der Waals surface area contributed by atoms with Crippen LogP contribution in [0.4, 0.5) is 0 Å². The second kappa shape index (κ2) is 4.00. The van der Waals surface area contributed by atoms with E-state index in [1.165, 1.54) is 6.42 Å². The van der Waals surface area contributed by atoms with Crippen molar-refractivity contribution in [1.82, 2.24) is 10.2 Å². The van der Waals surface area contributed by atoms with Gasteiger partial charge in [0.2, 0.25) is 0 Å². The summed E-state index contributed by atoms with van der Waals surface area (Å²) in [6, 6.07) is 7.17. The Morgan fingerprint density at radius 1 is 1.41 bits per heavy atom. The average Bonchev–Trinajstić information content (AvgIpc) is 2.75. The lowest BCUT2D eigenvalue weighted by atomic mass is 9.79. The van der Waals surface area contributed by atoms with Gasteiger partial charge in [-0.25, -0.2) is 0 Å². The van der Waals surface area contributed by atoms with Crippen molar-refractivity contribution in [3.8, 4) is 0 Å². The summed E-state index contributed by atoms with van der Waals surface area (Å²) in [4.78, 5) is 14.1. The van der Waals surface area contributed by atoms with Gasteiger partial charge in [0, 0.05) is 35.6 Å². The molecule has 2 saturated heterocycles. The van der Waals surface area contributed by atoms with Crippen LogP contribution in [0.3, 0.4) is 0 Å². The molecule has 90 valence electrons. The molecular weight excluding hydrogens is 236 g/mol. The monoisotopic (exact) mass is 250 g/mol. The predicted octanol–water partition coefficient (Wildman–Crippen LogP) is 1.78. The van der Waals surface area contributed by atoms with Gasteiger partial charge in [-0.1, -0.05) is 17.7 Å². The van der Waals surface area contributed by atoms with Gasteiger partial charge >= 0.3 is 0 Å². The summed E-state index contributed by atoms with van der Waals surface area (Å²) in [7, 11) is 0. The van der Waals surface area contributed by atoms with Crippen LogP contribution in [0.15, 0.2) is 24.3 Å². The van der Waals surface area contributed by atoms with Crippen LogP contribution >= 0.6 is 11.6 Å². The molecular formula is C13H15ClN2O. The topological polar surface area (TPSA) is 32.3 Å². The van der Waals surface area contributed by atoms with E-state index in [-0.39, 0.29) is 5.91 Å². The maximum absolute atomic E-state index is 12.2. The molecule has 1 aromatic rings. The minimum atomic E-state index is 0.102. The number of rotatable bonds is 1. The van der Waals surface area contributed by atoms with E-state index in [2.05, 4.69) is 5.32 Å². The molecule has 0 unspecified atom stereocenters. The van der Waals surface area contributed by atoms with Gasteiger partial charge in [0.1, 0.15) is 0 Å². The van der Waals surface area contributed by atoms with Crippen molar-refractivity contribution in [1.29, 1.82) is 0 Å². The van der Waals surface area contributed by atoms with Gasteiger partial charge in [0.15, 0.2) is 0 Å². The Hall–Kier alpha value is -1.06. The fourth-order valence-electron chi connectivity index (χ4n) is 2.78. The molecule has 0 aromatic heterocycles. The summed E-state index contributed by atoms with van der Waals surface area (Å²) in [5.74, 6) is 0.102. The van der Waals surface area contributed by atoms with Crippen molar-refractivity contribution >= 4 is 17.5 Å². The Kier molecular flexibility index (Phi) is 2.60. The van der Waals surface area contributed by atoms with Crippen molar-refractivity contribution in [3.63, 3.8) is 0 Å². The van der Waals surface area contributed by atoms with Crippen molar-refractivity contribution in [3.05, 3.63) is 34.9 Å². The van der Waals surface area contributed by atoms with E-state index >= 15 is 0 Å². The Labute approximate surface area is 106 Å². The van der Waals surface area contributed by atoms with Gasteiger partial charge in [-0.05, 0) is 31.2 Å². The van der Waals surface area contributed by atoms with Crippen LogP contribution in [-0.4, -0.2) is 37.0 Å². The van der Waals surface area contributed by atoms with E-state index in [0.29, 0.717) is 16.0 Å². The molecule has 4 heteroatoms. The Balaban J connectivity index is 1.69. The number of nitrogens with one attached hydrogen (secondary N) is 1. The first-order valence-electron chi connectivity index (χ1n) is 5.94. The number of nitrogens with zero attached hydrogens (tertiary/aromatic N) is 1. The third-order valence-electron chi connectivity index (χ3n) is 3.74. The molecule has 0 bridgehead atoms. The summed E-state index contributed by atoms with van der Waals surface area (Å²) in [6.45, 7) is 3.89. The van der Waals surface area contributed by atoms with Crippen LogP contribution < -0.4 is 5.32 Å². The van der Waals surface area contributed by atoms with Crippen molar-refractivity contribution < 1.29 is 4.79 Å². The number of hydrogen-bond donors (Lipinski definition) is 1. The quantitative estimate of drug-likeness (QED) is 0.824. The first-order valence-corrected chi connectivity index (χ1v) is 6.32. The predicted molar refractivity (Wildman–Crippen MR) is 67.3 cm³/mol. The molecule has 2 aliphatic heterocycles. The second-order valence-corrected chi connectivity index (χ2v) is 5.53. The number of carbonyl (C=O) groups excluding carboxylic acids is 1. The lowest BCUT2D eigenvalue weighted by Crippen LogP contribution is -2.59. The molecule has 2 fully saturated rings. The number of hydrogen-bond acceptors (Lipinski definition) is 2. The average molecular weight is 251 g/mol. The van der Waals surface area contributed by atoms with Crippen LogP contribution in [0.2, 0.25) is 5.02 Å². The fourth-order valence-corrected chi connectivity index (χ4v) is 2.97. The highest BCUT2D eigenvalue weighted by molar-refractivity contribution is 6.30. The number of benzene rings is 1. The summed E-state index contributed by atoms with van der Waals surface area (Å²) in [6.07, 6.45) is 1.19. The first kappa shape index (κ1) is 11.1. The van der Waals surface area contributed by atoms with Crippen LogP contribution in [0.25, 0.3) is 0 Å². The highest BCUT2D eigenvalue weighted by Gasteiger charge is 2.46. The summed E-state index contributed by atoms with van der Waals surface area (Å²) >= 11 is 5.89. The third kappa shape index (κ3) is 1.94. The first-order chi connectivity index (χ1) is 8.19. The highest BCUT2D eigenvalue weighted by atomic mass is 35.5. The number of likely N-dealkylation sites (tertiary alicyclic amines) is 1. The summed E-state index contributed by atoms with van der Waals surface area (Å²) in [5, 5.41) is 3.98.